The summed E-state index contributed by atoms with van der Waals surface area (Å²) in [5, 5.41) is 0. The van der Waals surface area contributed by atoms with Crippen LogP contribution in [0.4, 0.5) is 8.78 Å². The van der Waals surface area contributed by atoms with Crippen LogP contribution in [0.5, 0.6) is 0 Å². The van der Waals surface area contributed by atoms with Gasteiger partial charge in [-0.05, 0) is 26.0 Å². The first-order valence-electron chi connectivity index (χ1n) is 4.10. The molecule has 1 aromatic rings. The molecular weight excluding hydrogens is 210 g/mol. The SMILES string of the molecule is CCOC(=O)C(F)(F)c1ccc(C)s1. The molecule has 1 heterocycles. The van der Waals surface area contributed by atoms with E-state index in [1.54, 1.807) is 13.0 Å². The molecule has 0 saturated carbocycles. The average Bonchev–Trinajstić information content (AvgIpc) is 2.52. The lowest BCUT2D eigenvalue weighted by molar-refractivity contribution is -0.172. The third-order valence-corrected chi connectivity index (χ3v) is 2.65. The van der Waals surface area contributed by atoms with Crippen LogP contribution in [0.15, 0.2) is 12.1 Å². The van der Waals surface area contributed by atoms with Crippen molar-refractivity contribution in [3.05, 3.63) is 21.9 Å². The summed E-state index contributed by atoms with van der Waals surface area (Å²) in [6.07, 6.45) is 0. The molecule has 0 aromatic carbocycles. The fourth-order valence-corrected chi connectivity index (χ4v) is 1.76. The first-order chi connectivity index (χ1) is 6.48. The second-order valence-electron chi connectivity index (χ2n) is 2.71. The number of alkyl halides is 2. The first-order valence-corrected chi connectivity index (χ1v) is 4.92. The van der Waals surface area contributed by atoms with Crippen LogP contribution in [0.2, 0.25) is 0 Å². The second-order valence-corrected chi connectivity index (χ2v) is 3.99. The maximum atomic E-state index is 13.3. The summed E-state index contributed by atoms with van der Waals surface area (Å²) >= 11 is 0.898. The molecule has 1 rings (SSSR count). The molecule has 0 aliphatic rings. The van der Waals surface area contributed by atoms with Crippen molar-refractivity contribution < 1.29 is 18.3 Å². The molecule has 0 N–H and O–H groups in total. The topological polar surface area (TPSA) is 26.3 Å². The Hall–Kier alpha value is -0.970. The Morgan fingerprint density at radius 2 is 2.21 bits per heavy atom. The van der Waals surface area contributed by atoms with E-state index < -0.39 is 11.9 Å². The van der Waals surface area contributed by atoms with Gasteiger partial charge in [-0.3, -0.25) is 0 Å². The van der Waals surface area contributed by atoms with Gasteiger partial charge >= 0.3 is 11.9 Å². The molecule has 0 saturated heterocycles. The van der Waals surface area contributed by atoms with E-state index in [2.05, 4.69) is 4.74 Å². The molecule has 0 amide bonds. The van der Waals surface area contributed by atoms with Gasteiger partial charge in [0.1, 0.15) is 0 Å². The highest BCUT2D eigenvalue weighted by Gasteiger charge is 2.43. The zero-order valence-electron chi connectivity index (χ0n) is 7.84. The summed E-state index contributed by atoms with van der Waals surface area (Å²) in [5.41, 5.74) is 0. The van der Waals surface area contributed by atoms with Crippen molar-refractivity contribution >= 4 is 17.3 Å². The Bertz CT molecular complexity index is 333. The fraction of sp³-hybridized carbons (Fsp3) is 0.444. The van der Waals surface area contributed by atoms with Gasteiger partial charge in [0.2, 0.25) is 0 Å². The Kier molecular flexibility index (Phi) is 3.21. The van der Waals surface area contributed by atoms with Crippen molar-refractivity contribution in [2.24, 2.45) is 0 Å². The van der Waals surface area contributed by atoms with E-state index in [9.17, 15) is 13.6 Å². The molecule has 1 aromatic heterocycles. The molecule has 0 bridgehead atoms. The molecule has 0 atom stereocenters. The smallest absolute Gasteiger partial charge is 0.382 e. The lowest BCUT2D eigenvalue weighted by atomic mass is 10.3. The normalized spacial score (nSPS) is 11.4. The van der Waals surface area contributed by atoms with Gasteiger partial charge in [0.25, 0.3) is 0 Å². The van der Waals surface area contributed by atoms with Gasteiger partial charge in [-0.2, -0.15) is 8.78 Å². The highest BCUT2D eigenvalue weighted by atomic mass is 32.1. The van der Waals surface area contributed by atoms with Crippen molar-refractivity contribution in [1.82, 2.24) is 0 Å². The Balaban J connectivity index is 2.89. The average molecular weight is 220 g/mol. The maximum Gasteiger partial charge on any atom is 0.382 e. The van der Waals surface area contributed by atoms with Gasteiger partial charge in [-0.1, -0.05) is 0 Å². The maximum absolute atomic E-state index is 13.3. The summed E-state index contributed by atoms with van der Waals surface area (Å²) in [4.78, 5) is 11.4. The third-order valence-electron chi connectivity index (χ3n) is 1.58. The summed E-state index contributed by atoms with van der Waals surface area (Å²) in [5.74, 6) is -5.00. The highest BCUT2D eigenvalue weighted by Crippen LogP contribution is 2.34. The molecule has 14 heavy (non-hydrogen) atoms. The summed E-state index contributed by atoms with van der Waals surface area (Å²) < 4.78 is 30.9. The van der Waals surface area contributed by atoms with Crippen molar-refractivity contribution in [2.75, 3.05) is 6.61 Å². The van der Waals surface area contributed by atoms with Crippen LogP contribution in [0.3, 0.4) is 0 Å². The van der Waals surface area contributed by atoms with Crippen molar-refractivity contribution in [3.8, 4) is 0 Å². The number of thiophene rings is 1. The molecule has 0 fully saturated rings. The monoisotopic (exact) mass is 220 g/mol. The number of hydrogen-bond acceptors (Lipinski definition) is 3. The van der Waals surface area contributed by atoms with Crippen LogP contribution in [0, 0.1) is 6.92 Å². The number of rotatable bonds is 3. The van der Waals surface area contributed by atoms with Crippen LogP contribution >= 0.6 is 11.3 Å². The summed E-state index contributed by atoms with van der Waals surface area (Å²) in [6.45, 7) is 3.15. The van der Waals surface area contributed by atoms with Gasteiger partial charge in [0.15, 0.2) is 0 Å². The van der Waals surface area contributed by atoms with E-state index in [-0.39, 0.29) is 11.5 Å². The minimum absolute atomic E-state index is 0.0429. The van der Waals surface area contributed by atoms with Crippen LogP contribution in [0.25, 0.3) is 0 Å². The zero-order valence-corrected chi connectivity index (χ0v) is 8.66. The molecule has 78 valence electrons. The molecule has 2 nitrogen and oxygen atoms in total. The van der Waals surface area contributed by atoms with Gasteiger partial charge < -0.3 is 4.74 Å². The minimum Gasteiger partial charge on any atom is -0.461 e. The van der Waals surface area contributed by atoms with Gasteiger partial charge in [-0.25, -0.2) is 4.79 Å². The minimum atomic E-state index is -3.52. The van der Waals surface area contributed by atoms with Crippen LogP contribution in [-0.4, -0.2) is 12.6 Å². The number of aryl methyl sites for hydroxylation is 1. The Morgan fingerprint density at radius 1 is 1.57 bits per heavy atom. The number of carbonyl (C=O) groups is 1. The highest BCUT2D eigenvalue weighted by molar-refractivity contribution is 7.12. The van der Waals surface area contributed by atoms with Crippen LogP contribution in [-0.2, 0) is 15.5 Å². The lowest BCUT2D eigenvalue weighted by Gasteiger charge is -2.12. The van der Waals surface area contributed by atoms with Gasteiger partial charge in [0.05, 0.1) is 11.5 Å². The molecule has 0 spiro atoms. The second kappa shape index (κ2) is 4.04. The van der Waals surface area contributed by atoms with E-state index in [4.69, 9.17) is 0 Å². The molecule has 0 aliphatic heterocycles. The van der Waals surface area contributed by atoms with E-state index in [0.29, 0.717) is 0 Å². The number of hydrogen-bond donors (Lipinski definition) is 0. The first kappa shape index (κ1) is 11.1. The third kappa shape index (κ3) is 2.09. The predicted molar refractivity (Wildman–Crippen MR) is 49.6 cm³/mol. The number of esters is 1. The van der Waals surface area contributed by atoms with Crippen molar-refractivity contribution in [3.63, 3.8) is 0 Å². The van der Waals surface area contributed by atoms with Crippen LogP contribution < -0.4 is 0 Å². The van der Waals surface area contributed by atoms with Gasteiger partial charge in [-0.15, -0.1) is 11.3 Å². The zero-order chi connectivity index (χ0) is 10.8. The van der Waals surface area contributed by atoms with Crippen molar-refractivity contribution in [2.45, 2.75) is 19.8 Å². The van der Waals surface area contributed by atoms with E-state index >= 15 is 0 Å². The molecular formula is C9H10F2O2S. The van der Waals surface area contributed by atoms with E-state index in [0.717, 1.165) is 16.2 Å². The molecule has 0 aliphatic carbocycles. The quantitative estimate of drug-likeness (QED) is 0.732. The number of halogens is 2. The van der Waals surface area contributed by atoms with E-state index in [1.165, 1.54) is 13.0 Å². The standard InChI is InChI=1S/C9H10F2O2S/c1-3-13-8(12)9(10,11)7-5-4-6(2)14-7/h4-5H,3H2,1-2H3. The largest absolute Gasteiger partial charge is 0.461 e. The van der Waals surface area contributed by atoms with E-state index in [1.807, 2.05) is 0 Å². The van der Waals surface area contributed by atoms with Crippen LogP contribution in [0.1, 0.15) is 16.7 Å². The lowest BCUT2D eigenvalue weighted by Crippen LogP contribution is -2.27. The van der Waals surface area contributed by atoms with Gasteiger partial charge in [0, 0.05) is 4.88 Å². The summed E-state index contributed by atoms with van der Waals surface area (Å²) in [7, 11) is 0. The molecule has 0 unspecified atom stereocenters. The number of ether oxygens (including phenoxy) is 1. The van der Waals surface area contributed by atoms with Crippen molar-refractivity contribution in [1.29, 1.82) is 0 Å². The Morgan fingerprint density at radius 3 is 2.64 bits per heavy atom. The molecule has 5 heteroatoms. The molecule has 0 radical (unpaired) electrons. The Labute approximate surface area is 84.5 Å². The fourth-order valence-electron chi connectivity index (χ4n) is 0.926. The summed E-state index contributed by atoms with van der Waals surface area (Å²) in [6, 6.07) is 2.80. The predicted octanol–water partition coefficient (Wildman–Crippen LogP) is 2.71. The number of carbonyl (C=O) groups excluding carboxylic acids is 1.